The molecule has 3 N–H and O–H groups in total. The fourth-order valence-electron chi connectivity index (χ4n) is 2.64. The first-order chi connectivity index (χ1) is 12.9. The number of benzene rings is 1. The zero-order valence-corrected chi connectivity index (χ0v) is 17.2. The molecule has 144 valence electrons. The summed E-state index contributed by atoms with van der Waals surface area (Å²) in [6.45, 7) is 3.23. The lowest BCUT2D eigenvalue weighted by Gasteiger charge is -2.06. The molecule has 0 bridgehead atoms. The molecule has 2 heterocycles. The second kappa shape index (κ2) is 8.42. The van der Waals surface area contributed by atoms with Crippen LogP contribution in [-0.4, -0.2) is 36.2 Å². The molecule has 3 rings (SSSR count). The Labute approximate surface area is 166 Å². The lowest BCUT2D eigenvalue weighted by molar-refractivity contribution is -0.118. The van der Waals surface area contributed by atoms with Gasteiger partial charge in [-0.2, -0.15) is 0 Å². The first kappa shape index (κ1) is 19.9. The van der Waals surface area contributed by atoms with Crippen LogP contribution >= 0.6 is 23.1 Å². The quantitative estimate of drug-likeness (QED) is 0.539. The zero-order chi connectivity index (χ0) is 19.4. The summed E-state index contributed by atoms with van der Waals surface area (Å²) in [5.74, 6) is 0.187. The Bertz CT molecular complexity index is 1040. The SMILES string of the molecule is CCn1c(SCC(=O)NCCc2cccs2)nc2cc(S(N)(=O)=O)ccc21. The molecule has 7 nitrogen and oxygen atoms in total. The summed E-state index contributed by atoms with van der Waals surface area (Å²) in [6, 6.07) is 8.66. The lowest BCUT2D eigenvalue weighted by Crippen LogP contribution is -2.27. The summed E-state index contributed by atoms with van der Waals surface area (Å²) < 4.78 is 25.0. The van der Waals surface area contributed by atoms with Crippen molar-refractivity contribution in [1.29, 1.82) is 0 Å². The van der Waals surface area contributed by atoms with E-state index in [-0.39, 0.29) is 16.6 Å². The fraction of sp³-hybridized carbons (Fsp3) is 0.294. The number of nitrogens with one attached hydrogen (secondary N) is 1. The van der Waals surface area contributed by atoms with E-state index in [1.807, 2.05) is 29.0 Å². The molecule has 0 atom stereocenters. The van der Waals surface area contributed by atoms with Crippen LogP contribution in [0.25, 0.3) is 11.0 Å². The van der Waals surface area contributed by atoms with Crippen LogP contribution in [0.3, 0.4) is 0 Å². The normalized spacial score (nSPS) is 11.8. The van der Waals surface area contributed by atoms with Gasteiger partial charge >= 0.3 is 0 Å². The van der Waals surface area contributed by atoms with Crippen molar-refractivity contribution >= 4 is 50.1 Å². The third kappa shape index (κ3) is 4.89. The molecule has 3 aromatic rings. The third-order valence-corrected chi connectivity index (χ3v) is 6.76. The summed E-state index contributed by atoms with van der Waals surface area (Å²) in [6.07, 6.45) is 0.817. The molecule has 0 saturated carbocycles. The molecule has 0 fully saturated rings. The zero-order valence-electron chi connectivity index (χ0n) is 14.7. The molecule has 1 aromatic carbocycles. The van der Waals surface area contributed by atoms with E-state index in [9.17, 15) is 13.2 Å². The molecule has 0 saturated heterocycles. The smallest absolute Gasteiger partial charge is 0.238 e. The highest BCUT2D eigenvalue weighted by molar-refractivity contribution is 7.99. The minimum atomic E-state index is -3.78. The molecular formula is C17H20N4O3S3. The van der Waals surface area contributed by atoms with E-state index in [2.05, 4.69) is 10.3 Å². The van der Waals surface area contributed by atoms with Gasteiger partial charge in [0.25, 0.3) is 0 Å². The van der Waals surface area contributed by atoms with Crippen LogP contribution in [0.5, 0.6) is 0 Å². The average Bonchev–Trinajstić information content (AvgIpc) is 3.25. The van der Waals surface area contributed by atoms with Crippen molar-refractivity contribution in [2.75, 3.05) is 12.3 Å². The van der Waals surface area contributed by atoms with E-state index in [4.69, 9.17) is 5.14 Å². The van der Waals surface area contributed by atoms with Crippen LogP contribution in [0.4, 0.5) is 0 Å². The van der Waals surface area contributed by atoms with E-state index < -0.39 is 10.0 Å². The van der Waals surface area contributed by atoms with Gasteiger partial charge in [0.1, 0.15) is 0 Å². The molecule has 2 aromatic heterocycles. The van der Waals surface area contributed by atoms with Crippen molar-refractivity contribution in [2.45, 2.75) is 29.9 Å². The predicted molar refractivity (Wildman–Crippen MR) is 109 cm³/mol. The third-order valence-electron chi connectivity index (χ3n) is 3.94. The van der Waals surface area contributed by atoms with Gasteiger partial charge in [-0.25, -0.2) is 18.5 Å². The number of carbonyl (C=O) groups is 1. The van der Waals surface area contributed by atoms with Crippen molar-refractivity contribution in [1.82, 2.24) is 14.9 Å². The number of fused-ring (bicyclic) bond motifs is 1. The van der Waals surface area contributed by atoms with Crippen molar-refractivity contribution < 1.29 is 13.2 Å². The number of aromatic nitrogens is 2. The monoisotopic (exact) mass is 424 g/mol. The van der Waals surface area contributed by atoms with Crippen molar-refractivity contribution in [2.24, 2.45) is 5.14 Å². The van der Waals surface area contributed by atoms with Gasteiger partial charge in [-0.3, -0.25) is 4.79 Å². The number of primary sulfonamides is 1. The molecule has 0 aliphatic heterocycles. The van der Waals surface area contributed by atoms with E-state index >= 15 is 0 Å². The number of rotatable bonds is 8. The average molecular weight is 425 g/mol. The second-order valence-electron chi connectivity index (χ2n) is 5.80. The summed E-state index contributed by atoms with van der Waals surface area (Å²) in [4.78, 5) is 17.8. The van der Waals surface area contributed by atoms with Crippen LogP contribution in [0.2, 0.25) is 0 Å². The minimum absolute atomic E-state index is 0.0265. The molecule has 0 unspecified atom stereocenters. The van der Waals surface area contributed by atoms with E-state index in [0.29, 0.717) is 23.8 Å². The van der Waals surface area contributed by atoms with Crippen molar-refractivity contribution in [3.8, 4) is 0 Å². The van der Waals surface area contributed by atoms with Gasteiger partial charge < -0.3 is 9.88 Å². The van der Waals surface area contributed by atoms with Crippen LogP contribution in [0.1, 0.15) is 11.8 Å². The number of carbonyl (C=O) groups excluding carboxylic acids is 1. The first-order valence-electron chi connectivity index (χ1n) is 8.33. The maximum Gasteiger partial charge on any atom is 0.238 e. The van der Waals surface area contributed by atoms with Gasteiger partial charge in [-0.05, 0) is 43.0 Å². The van der Waals surface area contributed by atoms with Crippen LogP contribution in [0.15, 0.2) is 45.8 Å². The number of nitrogens with two attached hydrogens (primary N) is 1. The second-order valence-corrected chi connectivity index (χ2v) is 9.34. The summed E-state index contributed by atoms with van der Waals surface area (Å²) >= 11 is 3.00. The van der Waals surface area contributed by atoms with Gasteiger partial charge in [0.15, 0.2) is 5.16 Å². The first-order valence-corrected chi connectivity index (χ1v) is 11.7. The highest BCUT2D eigenvalue weighted by Crippen LogP contribution is 2.25. The highest BCUT2D eigenvalue weighted by Gasteiger charge is 2.15. The predicted octanol–water partition coefficient (Wildman–Crippen LogP) is 2.22. The Hall–Kier alpha value is -1.88. The fourth-order valence-corrected chi connectivity index (χ4v) is 4.79. The van der Waals surface area contributed by atoms with Gasteiger partial charge in [-0.15, -0.1) is 11.3 Å². The number of hydrogen-bond acceptors (Lipinski definition) is 6. The number of thioether (sulfide) groups is 1. The topological polar surface area (TPSA) is 107 Å². The number of sulfonamides is 1. The minimum Gasteiger partial charge on any atom is -0.355 e. The Balaban J connectivity index is 1.66. The number of amides is 1. The summed E-state index contributed by atoms with van der Waals surface area (Å²) in [5, 5.41) is 10.8. The number of aryl methyl sites for hydroxylation is 1. The molecule has 10 heteroatoms. The number of thiophene rings is 1. The Morgan fingerprint density at radius 1 is 1.37 bits per heavy atom. The summed E-state index contributed by atoms with van der Waals surface area (Å²) in [5.41, 5.74) is 1.36. The number of hydrogen-bond donors (Lipinski definition) is 2. The molecule has 27 heavy (non-hydrogen) atoms. The number of imidazole rings is 1. The molecule has 0 aliphatic rings. The Morgan fingerprint density at radius 2 is 2.19 bits per heavy atom. The van der Waals surface area contributed by atoms with E-state index in [1.54, 1.807) is 17.4 Å². The summed E-state index contributed by atoms with van der Waals surface area (Å²) in [7, 11) is -3.78. The maximum absolute atomic E-state index is 12.1. The molecule has 0 radical (unpaired) electrons. The van der Waals surface area contributed by atoms with Crippen LogP contribution in [0, 0.1) is 0 Å². The standard InChI is InChI=1S/C17H20N4O3S3/c1-2-21-15-6-5-13(27(18,23)24)10-14(15)20-17(21)26-11-16(22)19-8-7-12-4-3-9-25-12/h3-6,9-10H,2,7-8,11H2,1H3,(H,19,22)(H2,18,23,24). The van der Waals surface area contributed by atoms with Crippen molar-refractivity contribution in [3.05, 3.63) is 40.6 Å². The van der Waals surface area contributed by atoms with Crippen LogP contribution < -0.4 is 10.5 Å². The Kier molecular flexibility index (Phi) is 6.20. The molecule has 1 amide bonds. The van der Waals surface area contributed by atoms with E-state index in [1.165, 1.54) is 28.8 Å². The van der Waals surface area contributed by atoms with Gasteiger partial charge in [0, 0.05) is 18.0 Å². The van der Waals surface area contributed by atoms with Crippen molar-refractivity contribution in [3.63, 3.8) is 0 Å². The Morgan fingerprint density at radius 3 is 2.85 bits per heavy atom. The van der Waals surface area contributed by atoms with Gasteiger partial charge in [-0.1, -0.05) is 17.8 Å². The van der Waals surface area contributed by atoms with Gasteiger partial charge in [0.2, 0.25) is 15.9 Å². The van der Waals surface area contributed by atoms with E-state index in [0.717, 1.165) is 11.9 Å². The lowest BCUT2D eigenvalue weighted by atomic mass is 10.3. The van der Waals surface area contributed by atoms with Crippen LogP contribution in [-0.2, 0) is 27.8 Å². The highest BCUT2D eigenvalue weighted by atomic mass is 32.2. The molecular weight excluding hydrogens is 404 g/mol. The largest absolute Gasteiger partial charge is 0.355 e. The maximum atomic E-state index is 12.1. The molecule has 0 aliphatic carbocycles. The number of nitrogens with zero attached hydrogens (tertiary/aromatic N) is 2. The van der Waals surface area contributed by atoms with Gasteiger partial charge in [0.05, 0.1) is 21.7 Å². The molecule has 0 spiro atoms.